The lowest BCUT2D eigenvalue weighted by Gasteiger charge is -2.39. The molecule has 0 saturated carbocycles. The van der Waals surface area contributed by atoms with Crippen molar-refractivity contribution in [2.24, 2.45) is 11.8 Å². The number of amides is 2. The molecule has 0 aromatic rings. The van der Waals surface area contributed by atoms with Crippen LogP contribution in [-0.4, -0.2) is 121 Å². The Morgan fingerprint density at radius 1 is 1.26 bits per heavy atom. The van der Waals surface area contributed by atoms with Gasteiger partial charge in [0.05, 0.1) is 50.4 Å². The van der Waals surface area contributed by atoms with Gasteiger partial charge in [0.25, 0.3) is 0 Å². The number of allylic oxidation sites excluding steroid dienone is 1. The Bertz CT molecular complexity index is 903. The van der Waals surface area contributed by atoms with Gasteiger partial charge in [-0.25, -0.2) is 0 Å². The van der Waals surface area contributed by atoms with Crippen LogP contribution in [0.15, 0.2) is 25.3 Å². The Balaban J connectivity index is 1.58. The highest BCUT2D eigenvalue weighted by Gasteiger charge is 2.75. The minimum absolute atomic E-state index is 0.218. The Hall–Kier alpha value is -2.27. The standard InChI is InChI=1S/C29H45N3O7/c1-4-7-8-9-17-38-28(36)23-22-10-11-29(39-22)24(23)26(34)32(21(6-3)20-33)25(29)27(35)31(12-5-2)14-13-30-15-18-37-19-16-30/h4-5,21-25,33H,1-2,6-20H2,3H3/t21-,22-,23+,24-,25?,29?/m0/s1. The molecule has 4 saturated heterocycles. The third-order valence-corrected chi connectivity index (χ3v) is 8.82. The van der Waals surface area contributed by atoms with E-state index < -0.39 is 41.6 Å². The summed E-state index contributed by atoms with van der Waals surface area (Å²) in [6.45, 7) is 13.9. The highest BCUT2D eigenvalue weighted by Crippen LogP contribution is 2.59. The van der Waals surface area contributed by atoms with Gasteiger partial charge in [-0.1, -0.05) is 19.1 Å². The first kappa shape index (κ1) is 29.7. The molecule has 4 heterocycles. The maximum Gasteiger partial charge on any atom is 0.312 e. The van der Waals surface area contributed by atoms with Crippen LogP contribution < -0.4 is 0 Å². The van der Waals surface area contributed by atoms with Gasteiger partial charge in [0.15, 0.2) is 0 Å². The number of hydrogen-bond donors (Lipinski definition) is 1. The van der Waals surface area contributed by atoms with Gasteiger partial charge in [-0.3, -0.25) is 19.3 Å². The van der Waals surface area contributed by atoms with Crippen LogP contribution in [-0.2, 0) is 28.6 Å². The highest BCUT2D eigenvalue weighted by atomic mass is 16.6. The summed E-state index contributed by atoms with van der Waals surface area (Å²) in [4.78, 5) is 47.2. The van der Waals surface area contributed by atoms with E-state index in [0.717, 1.165) is 32.4 Å². The fourth-order valence-electron chi connectivity index (χ4n) is 6.81. The van der Waals surface area contributed by atoms with Crippen LogP contribution in [0.3, 0.4) is 0 Å². The second-order valence-electron chi connectivity index (χ2n) is 11.0. The second-order valence-corrected chi connectivity index (χ2v) is 11.0. The van der Waals surface area contributed by atoms with Gasteiger partial charge in [0, 0.05) is 32.7 Å². The summed E-state index contributed by atoms with van der Waals surface area (Å²) in [6, 6.07) is -1.46. The van der Waals surface area contributed by atoms with Crippen molar-refractivity contribution in [3.63, 3.8) is 0 Å². The number of carbonyl (C=O) groups excluding carboxylic acids is 3. The molecule has 4 aliphatic rings. The molecule has 4 rings (SSSR count). The van der Waals surface area contributed by atoms with Crippen molar-refractivity contribution in [1.82, 2.24) is 14.7 Å². The van der Waals surface area contributed by atoms with Crippen molar-refractivity contribution in [2.75, 3.05) is 59.2 Å². The van der Waals surface area contributed by atoms with Crippen LogP contribution in [0.5, 0.6) is 0 Å². The number of unbranched alkanes of at least 4 members (excludes halogenated alkanes) is 2. The first-order chi connectivity index (χ1) is 18.9. The Kier molecular flexibility index (Phi) is 10.2. The molecule has 1 N–H and O–H groups in total. The summed E-state index contributed by atoms with van der Waals surface area (Å²) in [5.41, 5.74) is -1.10. The summed E-state index contributed by atoms with van der Waals surface area (Å²) in [5, 5.41) is 10.2. The van der Waals surface area contributed by atoms with E-state index in [-0.39, 0.29) is 25.0 Å². The number of fused-ring (bicyclic) bond motifs is 1. The molecule has 2 bridgehead atoms. The summed E-state index contributed by atoms with van der Waals surface area (Å²) in [5.74, 6) is -2.49. The predicted octanol–water partition coefficient (Wildman–Crippen LogP) is 1.38. The number of esters is 1. The van der Waals surface area contributed by atoms with E-state index in [0.29, 0.717) is 52.1 Å². The number of aliphatic hydroxyl groups excluding tert-OH is 1. The number of likely N-dealkylation sites (tertiary alicyclic amines) is 1. The Labute approximate surface area is 231 Å². The fraction of sp³-hybridized carbons (Fsp3) is 0.759. The molecular formula is C29H45N3O7. The number of ether oxygens (including phenoxy) is 3. The average molecular weight is 548 g/mol. The molecule has 0 radical (unpaired) electrons. The van der Waals surface area contributed by atoms with Crippen LogP contribution in [0.2, 0.25) is 0 Å². The van der Waals surface area contributed by atoms with Gasteiger partial charge < -0.3 is 29.1 Å². The third kappa shape index (κ3) is 5.80. The molecule has 10 nitrogen and oxygen atoms in total. The van der Waals surface area contributed by atoms with E-state index in [4.69, 9.17) is 14.2 Å². The topological polar surface area (TPSA) is 109 Å². The summed E-state index contributed by atoms with van der Waals surface area (Å²) in [6.07, 6.45) is 7.09. The minimum atomic E-state index is -1.10. The molecule has 39 heavy (non-hydrogen) atoms. The van der Waals surface area contributed by atoms with E-state index >= 15 is 0 Å². The Morgan fingerprint density at radius 3 is 2.69 bits per heavy atom. The van der Waals surface area contributed by atoms with Gasteiger partial charge in [0.1, 0.15) is 11.6 Å². The van der Waals surface area contributed by atoms with E-state index in [9.17, 15) is 19.5 Å². The number of morpholine rings is 1. The quantitative estimate of drug-likeness (QED) is 0.186. The lowest BCUT2D eigenvalue weighted by molar-refractivity contribution is -0.156. The smallest absolute Gasteiger partial charge is 0.312 e. The monoisotopic (exact) mass is 547 g/mol. The number of aliphatic hydroxyl groups is 1. The van der Waals surface area contributed by atoms with Crippen molar-refractivity contribution < 1.29 is 33.7 Å². The van der Waals surface area contributed by atoms with Crippen molar-refractivity contribution in [1.29, 1.82) is 0 Å². The Morgan fingerprint density at radius 2 is 2.03 bits per heavy atom. The molecule has 1 spiro atoms. The highest BCUT2D eigenvalue weighted by molar-refractivity contribution is 5.98. The predicted molar refractivity (Wildman–Crippen MR) is 145 cm³/mol. The van der Waals surface area contributed by atoms with E-state index in [1.54, 1.807) is 11.0 Å². The summed E-state index contributed by atoms with van der Waals surface area (Å²) < 4.78 is 17.6. The molecule has 0 aromatic heterocycles. The van der Waals surface area contributed by atoms with Gasteiger partial charge in [-0.2, -0.15) is 0 Å². The van der Waals surface area contributed by atoms with E-state index in [2.05, 4.69) is 18.1 Å². The zero-order valence-corrected chi connectivity index (χ0v) is 23.3. The van der Waals surface area contributed by atoms with Gasteiger partial charge in [-0.15, -0.1) is 13.2 Å². The van der Waals surface area contributed by atoms with Crippen molar-refractivity contribution in [3.8, 4) is 0 Å². The first-order valence-electron chi connectivity index (χ1n) is 14.5. The molecule has 6 atom stereocenters. The molecular weight excluding hydrogens is 502 g/mol. The van der Waals surface area contributed by atoms with Crippen LogP contribution in [0.25, 0.3) is 0 Å². The third-order valence-electron chi connectivity index (χ3n) is 8.82. The van der Waals surface area contributed by atoms with Crippen molar-refractivity contribution >= 4 is 17.8 Å². The van der Waals surface area contributed by atoms with Crippen LogP contribution >= 0.6 is 0 Å². The van der Waals surface area contributed by atoms with Gasteiger partial charge in [0.2, 0.25) is 11.8 Å². The first-order valence-corrected chi connectivity index (χ1v) is 14.5. The maximum absolute atomic E-state index is 14.3. The zero-order chi connectivity index (χ0) is 28.0. The fourth-order valence-corrected chi connectivity index (χ4v) is 6.81. The second kappa shape index (κ2) is 13.4. The SMILES string of the molecule is C=CCCCCOC(=O)[C@@H]1[C@@H]2CCC3(O2)C(C(=O)N(CC=C)CCN2CCOCC2)N([C@@H](CC)CO)C(=O)[C@H]13. The molecule has 0 aliphatic carbocycles. The molecule has 218 valence electrons. The molecule has 10 heteroatoms. The molecule has 4 fully saturated rings. The molecule has 4 aliphatic heterocycles. The lowest BCUT2D eigenvalue weighted by Crippen LogP contribution is -2.59. The minimum Gasteiger partial charge on any atom is -0.465 e. The largest absolute Gasteiger partial charge is 0.465 e. The van der Waals surface area contributed by atoms with Crippen molar-refractivity contribution in [2.45, 2.75) is 69.2 Å². The van der Waals surface area contributed by atoms with Crippen LogP contribution in [0.4, 0.5) is 0 Å². The normalized spacial score (nSPS) is 30.7. The number of carbonyl (C=O) groups is 3. The zero-order valence-electron chi connectivity index (χ0n) is 23.3. The summed E-state index contributed by atoms with van der Waals surface area (Å²) in [7, 11) is 0. The van der Waals surface area contributed by atoms with Gasteiger partial charge in [-0.05, 0) is 38.5 Å². The maximum atomic E-state index is 14.3. The van der Waals surface area contributed by atoms with E-state index in [1.807, 2.05) is 13.0 Å². The van der Waals surface area contributed by atoms with Crippen LogP contribution in [0.1, 0.15) is 45.4 Å². The lowest BCUT2D eigenvalue weighted by atomic mass is 9.70. The number of rotatable bonds is 15. The average Bonchev–Trinajstić information content (AvgIpc) is 3.59. The number of hydrogen-bond acceptors (Lipinski definition) is 8. The number of nitrogens with zero attached hydrogens (tertiary/aromatic N) is 3. The molecule has 0 aromatic carbocycles. The van der Waals surface area contributed by atoms with Crippen LogP contribution in [0, 0.1) is 11.8 Å². The van der Waals surface area contributed by atoms with Crippen molar-refractivity contribution in [3.05, 3.63) is 25.3 Å². The van der Waals surface area contributed by atoms with E-state index in [1.165, 1.54) is 4.90 Å². The summed E-state index contributed by atoms with van der Waals surface area (Å²) >= 11 is 0. The molecule has 2 amide bonds. The molecule has 2 unspecified atom stereocenters. The van der Waals surface area contributed by atoms with Gasteiger partial charge >= 0.3 is 5.97 Å².